The minimum atomic E-state index is -0.239. The average molecular weight is 374 g/mol. The van der Waals surface area contributed by atoms with Gasteiger partial charge in [0.25, 0.3) is 0 Å². The summed E-state index contributed by atoms with van der Waals surface area (Å²) >= 11 is 2.10. The van der Waals surface area contributed by atoms with Gasteiger partial charge >= 0.3 is 0 Å². The molecule has 0 aliphatic heterocycles. The van der Waals surface area contributed by atoms with E-state index < -0.39 is 0 Å². The first-order chi connectivity index (χ1) is 9.20. The third-order valence-electron chi connectivity index (χ3n) is 2.69. The van der Waals surface area contributed by atoms with E-state index in [-0.39, 0.29) is 5.82 Å². The van der Waals surface area contributed by atoms with Crippen LogP contribution in [0.3, 0.4) is 0 Å². The highest BCUT2D eigenvalue weighted by atomic mass is 127. The first-order valence-electron chi connectivity index (χ1n) is 6.31. The molecule has 5 heteroatoms. The predicted molar refractivity (Wildman–Crippen MR) is 81.5 cm³/mol. The van der Waals surface area contributed by atoms with Crippen molar-refractivity contribution in [3.8, 4) is 11.3 Å². The molecule has 0 saturated carbocycles. The lowest BCUT2D eigenvalue weighted by Gasteiger charge is -2.01. The highest BCUT2D eigenvalue weighted by Gasteiger charge is 2.10. The number of benzene rings is 1. The van der Waals surface area contributed by atoms with E-state index in [0.717, 1.165) is 35.1 Å². The van der Waals surface area contributed by atoms with E-state index in [1.165, 1.54) is 12.1 Å². The van der Waals surface area contributed by atoms with Gasteiger partial charge in [0.05, 0.1) is 6.20 Å². The zero-order valence-electron chi connectivity index (χ0n) is 10.7. The summed E-state index contributed by atoms with van der Waals surface area (Å²) in [4.78, 5) is 4.25. The molecular formula is C14H16FIN2O. The largest absolute Gasteiger partial charge is 0.441 e. The second kappa shape index (κ2) is 7.00. The number of rotatable bonds is 6. The Labute approximate surface area is 125 Å². The van der Waals surface area contributed by atoms with Crippen molar-refractivity contribution in [1.29, 1.82) is 0 Å². The minimum absolute atomic E-state index is 0.239. The molecule has 1 N–H and O–H groups in total. The molecule has 0 atom stereocenters. The van der Waals surface area contributed by atoms with Gasteiger partial charge in [0.1, 0.15) is 5.82 Å². The molecule has 1 heterocycles. The summed E-state index contributed by atoms with van der Waals surface area (Å²) < 4.78 is 19.6. The molecule has 0 bridgehead atoms. The molecule has 0 amide bonds. The number of nitrogens with zero attached hydrogens (tertiary/aromatic N) is 1. The number of oxazole rings is 1. The van der Waals surface area contributed by atoms with Crippen molar-refractivity contribution in [2.45, 2.75) is 19.8 Å². The Bertz CT molecular complexity index is 542. The second-order valence-corrected chi connectivity index (χ2v) is 5.40. The van der Waals surface area contributed by atoms with Crippen molar-refractivity contribution < 1.29 is 8.81 Å². The smallest absolute Gasteiger partial charge is 0.196 e. The normalized spacial score (nSPS) is 10.9. The van der Waals surface area contributed by atoms with Crippen LogP contribution in [-0.2, 0) is 6.42 Å². The third-order valence-corrected chi connectivity index (χ3v) is 3.59. The number of aromatic nitrogens is 1. The summed E-state index contributed by atoms with van der Waals surface area (Å²) in [5, 5.41) is 3.30. The van der Waals surface area contributed by atoms with E-state index in [4.69, 9.17) is 4.42 Å². The van der Waals surface area contributed by atoms with Crippen LogP contribution in [0, 0.1) is 9.39 Å². The molecular weight excluding hydrogens is 358 g/mol. The summed E-state index contributed by atoms with van der Waals surface area (Å²) in [5.74, 6) is 1.16. The van der Waals surface area contributed by atoms with Crippen LogP contribution in [0.1, 0.15) is 19.2 Å². The molecule has 19 heavy (non-hydrogen) atoms. The Balaban J connectivity index is 2.04. The van der Waals surface area contributed by atoms with Crippen molar-refractivity contribution in [2.75, 3.05) is 13.1 Å². The van der Waals surface area contributed by atoms with Gasteiger partial charge in [-0.25, -0.2) is 9.37 Å². The molecule has 0 fully saturated rings. The van der Waals surface area contributed by atoms with Gasteiger partial charge in [-0.3, -0.25) is 0 Å². The zero-order chi connectivity index (χ0) is 13.7. The fraction of sp³-hybridized carbons (Fsp3) is 0.357. The van der Waals surface area contributed by atoms with E-state index in [9.17, 15) is 4.39 Å². The van der Waals surface area contributed by atoms with Crippen LogP contribution in [0.15, 0.2) is 28.8 Å². The maximum atomic E-state index is 13.0. The van der Waals surface area contributed by atoms with Gasteiger partial charge < -0.3 is 9.73 Å². The van der Waals surface area contributed by atoms with Gasteiger partial charge in [-0.2, -0.15) is 0 Å². The van der Waals surface area contributed by atoms with E-state index >= 15 is 0 Å². The molecule has 3 nitrogen and oxygen atoms in total. The lowest BCUT2D eigenvalue weighted by atomic mass is 10.2. The van der Waals surface area contributed by atoms with E-state index in [0.29, 0.717) is 11.7 Å². The molecule has 0 saturated heterocycles. The van der Waals surface area contributed by atoms with Gasteiger partial charge in [0.15, 0.2) is 11.7 Å². The summed E-state index contributed by atoms with van der Waals surface area (Å²) in [6.07, 6.45) is 3.58. The van der Waals surface area contributed by atoms with Crippen molar-refractivity contribution in [3.05, 3.63) is 39.7 Å². The molecule has 0 aliphatic rings. The second-order valence-electron chi connectivity index (χ2n) is 4.24. The van der Waals surface area contributed by atoms with Crippen molar-refractivity contribution in [1.82, 2.24) is 10.3 Å². The van der Waals surface area contributed by atoms with Crippen LogP contribution in [0.25, 0.3) is 11.3 Å². The van der Waals surface area contributed by atoms with Crippen LogP contribution < -0.4 is 5.32 Å². The molecule has 0 radical (unpaired) electrons. The lowest BCUT2D eigenvalue weighted by molar-refractivity contribution is 0.494. The fourth-order valence-electron chi connectivity index (χ4n) is 1.74. The molecule has 0 spiro atoms. The molecule has 2 rings (SSSR count). The minimum Gasteiger partial charge on any atom is -0.441 e. The van der Waals surface area contributed by atoms with Crippen LogP contribution in [0.5, 0.6) is 0 Å². The number of hydrogen-bond donors (Lipinski definition) is 1. The Morgan fingerprint density at radius 2 is 2.21 bits per heavy atom. The van der Waals surface area contributed by atoms with Crippen molar-refractivity contribution >= 4 is 22.6 Å². The maximum Gasteiger partial charge on any atom is 0.196 e. The SMILES string of the molecule is CCCNCCc1ncc(-c2ccc(F)cc2I)o1. The lowest BCUT2D eigenvalue weighted by Crippen LogP contribution is -2.17. The first kappa shape index (κ1) is 14.5. The monoisotopic (exact) mass is 374 g/mol. The molecule has 1 aromatic heterocycles. The number of nitrogens with one attached hydrogen (secondary N) is 1. The molecule has 102 valence electrons. The van der Waals surface area contributed by atoms with Crippen molar-refractivity contribution in [2.24, 2.45) is 0 Å². The third kappa shape index (κ3) is 4.01. The van der Waals surface area contributed by atoms with Crippen LogP contribution in [0.2, 0.25) is 0 Å². The molecule has 1 aromatic carbocycles. The van der Waals surface area contributed by atoms with Gasteiger partial charge in [0.2, 0.25) is 0 Å². The Hall–Kier alpha value is -0.950. The fourth-order valence-corrected chi connectivity index (χ4v) is 2.48. The van der Waals surface area contributed by atoms with Gasteiger partial charge in [-0.05, 0) is 53.8 Å². The molecule has 0 aliphatic carbocycles. The van der Waals surface area contributed by atoms with E-state index in [2.05, 4.69) is 39.8 Å². The first-order valence-corrected chi connectivity index (χ1v) is 7.39. The van der Waals surface area contributed by atoms with Crippen LogP contribution >= 0.6 is 22.6 Å². The Morgan fingerprint density at radius 3 is 2.95 bits per heavy atom. The van der Waals surface area contributed by atoms with Crippen LogP contribution in [0.4, 0.5) is 4.39 Å². The predicted octanol–water partition coefficient (Wildman–Crippen LogP) is 3.63. The summed E-state index contributed by atoms with van der Waals surface area (Å²) in [6.45, 7) is 3.99. The molecule has 0 unspecified atom stereocenters. The van der Waals surface area contributed by atoms with Crippen molar-refractivity contribution in [3.63, 3.8) is 0 Å². The highest BCUT2D eigenvalue weighted by Crippen LogP contribution is 2.26. The highest BCUT2D eigenvalue weighted by molar-refractivity contribution is 14.1. The van der Waals surface area contributed by atoms with Gasteiger partial charge in [-0.1, -0.05) is 6.92 Å². The van der Waals surface area contributed by atoms with Crippen LogP contribution in [-0.4, -0.2) is 18.1 Å². The zero-order valence-corrected chi connectivity index (χ0v) is 12.9. The topological polar surface area (TPSA) is 38.1 Å². The molecule has 2 aromatic rings. The summed E-state index contributed by atoms with van der Waals surface area (Å²) in [6, 6.07) is 4.64. The summed E-state index contributed by atoms with van der Waals surface area (Å²) in [7, 11) is 0. The Kier molecular flexibility index (Phi) is 5.33. The van der Waals surface area contributed by atoms with E-state index in [1.807, 2.05) is 0 Å². The number of halogens is 2. The van der Waals surface area contributed by atoms with E-state index in [1.54, 1.807) is 12.3 Å². The average Bonchev–Trinajstić information content (AvgIpc) is 2.83. The van der Waals surface area contributed by atoms with Gasteiger partial charge in [0, 0.05) is 22.1 Å². The maximum absolute atomic E-state index is 13.0. The van der Waals surface area contributed by atoms with Gasteiger partial charge in [-0.15, -0.1) is 0 Å². The summed E-state index contributed by atoms with van der Waals surface area (Å²) in [5.41, 5.74) is 0.877. The standard InChI is InChI=1S/C14H16FIN2O/c1-2-6-17-7-5-14-18-9-13(19-14)11-4-3-10(15)8-12(11)16/h3-4,8-9,17H,2,5-7H2,1H3. The number of hydrogen-bond acceptors (Lipinski definition) is 3. The Morgan fingerprint density at radius 1 is 1.37 bits per heavy atom. The quantitative estimate of drug-likeness (QED) is 0.620.